The number of nitrogens with one attached hydrogen (secondary N) is 2. The average Bonchev–Trinajstić information content (AvgIpc) is 3.24. The van der Waals surface area contributed by atoms with Crippen LogP contribution in [0.1, 0.15) is 21.5 Å². The van der Waals surface area contributed by atoms with Gasteiger partial charge in [0.05, 0.1) is 5.56 Å². The van der Waals surface area contributed by atoms with Crippen LogP contribution in [0.5, 0.6) is 0 Å². The molecule has 8 heteroatoms. The number of pyridine rings is 1. The van der Waals surface area contributed by atoms with Crippen molar-refractivity contribution in [3.63, 3.8) is 0 Å². The maximum atomic E-state index is 13.4. The zero-order valence-electron chi connectivity index (χ0n) is 17.7. The van der Waals surface area contributed by atoms with Crippen LogP contribution in [0.3, 0.4) is 0 Å². The van der Waals surface area contributed by atoms with Gasteiger partial charge in [-0.3, -0.25) is 14.6 Å². The van der Waals surface area contributed by atoms with Crippen LogP contribution in [0.2, 0.25) is 0 Å². The summed E-state index contributed by atoms with van der Waals surface area (Å²) in [6.45, 7) is 4.05. The first-order valence-electron chi connectivity index (χ1n) is 10.6. The highest BCUT2D eigenvalue weighted by Crippen LogP contribution is 2.25. The van der Waals surface area contributed by atoms with Crippen molar-refractivity contribution in [2.45, 2.75) is 19.4 Å². The molecule has 3 aromatic heterocycles. The van der Waals surface area contributed by atoms with Crippen LogP contribution in [0, 0.1) is 6.92 Å². The highest BCUT2D eigenvalue weighted by atomic mass is 32.1. The summed E-state index contributed by atoms with van der Waals surface area (Å²) < 4.78 is 0.458. The van der Waals surface area contributed by atoms with Gasteiger partial charge in [-0.05, 0) is 31.0 Å². The third-order valence-corrected chi connectivity index (χ3v) is 6.64. The molecule has 5 rings (SSSR count). The van der Waals surface area contributed by atoms with Gasteiger partial charge >= 0.3 is 0 Å². The standard InChI is InChI=1S/C24H23N5O2S/c1-15-5-4-6-16(11-15)12-17-13-29(10-9-25-17)24(31)18-14-32-21-20(18)27-22(28-23(21)30)19-7-2-3-8-26-19/h2-8,11,14,17,25H,9-10,12-13H2,1H3,(H,27,28,30). The minimum absolute atomic E-state index is 0.0861. The molecule has 7 nitrogen and oxygen atoms in total. The van der Waals surface area contributed by atoms with E-state index in [1.807, 2.05) is 11.0 Å². The topological polar surface area (TPSA) is 91.0 Å². The van der Waals surface area contributed by atoms with E-state index in [0.29, 0.717) is 40.4 Å². The normalized spacial score (nSPS) is 16.4. The van der Waals surface area contributed by atoms with Crippen LogP contribution in [0.4, 0.5) is 0 Å². The van der Waals surface area contributed by atoms with Crippen molar-refractivity contribution in [3.8, 4) is 11.5 Å². The van der Waals surface area contributed by atoms with Crippen molar-refractivity contribution in [2.75, 3.05) is 19.6 Å². The summed E-state index contributed by atoms with van der Waals surface area (Å²) in [6, 6.07) is 14.1. The molecule has 2 N–H and O–H groups in total. The number of benzene rings is 1. The molecule has 4 aromatic rings. The Morgan fingerprint density at radius 3 is 2.97 bits per heavy atom. The fourth-order valence-electron chi connectivity index (χ4n) is 4.14. The molecular formula is C24H23N5O2S. The van der Waals surface area contributed by atoms with Crippen molar-refractivity contribution >= 4 is 27.5 Å². The Labute approximate surface area is 189 Å². The fraction of sp³-hybridized carbons (Fsp3) is 0.250. The van der Waals surface area contributed by atoms with Gasteiger partial charge in [0, 0.05) is 37.3 Å². The molecule has 0 radical (unpaired) electrons. The minimum atomic E-state index is -0.252. The summed E-state index contributed by atoms with van der Waals surface area (Å²) in [5.41, 5.74) is 3.72. The maximum absolute atomic E-state index is 13.4. The average molecular weight is 446 g/mol. The predicted octanol–water partition coefficient (Wildman–Crippen LogP) is 3.01. The summed E-state index contributed by atoms with van der Waals surface area (Å²) in [6.07, 6.45) is 2.51. The van der Waals surface area contributed by atoms with Gasteiger partial charge in [-0.1, -0.05) is 35.9 Å². The minimum Gasteiger partial charge on any atom is -0.336 e. The number of hydrogen-bond donors (Lipinski definition) is 2. The molecule has 4 heterocycles. The highest BCUT2D eigenvalue weighted by Gasteiger charge is 2.27. The van der Waals surface area contributed by atoms with Crippen LogP contribution < -0.4 is 10.9 Å². The lowest BCUT2D eigenvalue weighted by atomic mass is 10.0. The Hall–Kier alpha value is -3.36. The lowest BCUT2D eigenvalue weighted by Gasteiger charge is -2.33. The number of nitrogens with zero attached hydrogens (tertiary/aromatic N) is 3. The smallest absolute Gasteiger partial charge is 0.269 e. The third-order valence-electron chi connectivity index (χ3n) is 5.67. The third kappa shape index (κ3) is 4.06. The Bertz CT molecular complexity index is 1330. The molecule has 0 aliphatic carbocycles. The van der Waals surface area contributed by atoms with Gasteiger partial charge in [0.2, 0.25) is 0 Å². The molecule has 32 heavy (non-hydrogen) atoms. The van der Waals surface area contributed by atoms with E-state index in [2.05, 4.69) is 51.5 Å². The largest absolute Gasteiger partial charge is 0.336 e. The molecule has 0 saturated carbocycles. The Morgan fingerprint density at radius 2 is 2.16 bits per heavy atom. The summed E-state index contributed by atoms with van der Waals surface area (Å²) in [5.74, 6) is 0.283. The van der Waals surface area contributed by atoms with E-state index >= 15 is 0 Å². The van der Waals surface area contributed by atoms with Gasteiger partial charge in [0.25, 0.3) is 11.5 Å². The predicted molar refractivity (Wildman–Crippen MR) is 126 cm³/mol. The van der Waals surface area contributed by atoms with E-state index in [1.54, 1.807) is 23.7 Å². The zero-order valence-corrected chi connectivity index (χ0v) is 18.5. The molecular weight excluding hydrogens is 422 g/mol. The van der Waals surface area contributed by atoms with Gasteiger partial charge in [0.15, 0.2) is 5.82 Å². The van der Waals surface area contributed by atoms with Gasteiger partial charge in [-0.25, -0.2) is 4.98 Å². The number of rotatable bonds is 4. The van der Waals surface area contributed by atoms with Gasteiger partial charge in [-0.15, -0.1) is 11.3 Å². The maximum Gasteiger partial charge on any atom is 0.269 e. The second-order valence-electron chi connectivity index (χ2n) is 8.05. The highest BCUT2D eigenvalue weighted by molar-refractivity contribution is 7.17. The fourth-order valence-corrected chi connectivity index (χ4v) is 5.02. The molecule has 0 bridgehead atoms. The second-order valence-corrected chi connectivity index (χ2v) is 8.93. The van der Waals surface area contributed by atoms with Crippen LogP contribution in [-0.4, -0.2) is 51.4 Å². The van der Waals surface area contributed by atoms with Crippen molar-refractivity contribution in [3.05, 3.63) is 81.1 Å². The van der Waals surface area contributed by atoms with Crippen LogP contribution in [0.15, 0.2) is 58.8 Å². The molecule has 1 aliphatic rings. The number of carbonyl (C=O) groups is 1. The number of aromatic nitrogens is 3. The zero-order chi connectivity index (χ0) is 22.1. The summed E-state index contributed by atoms with van der Waals surface area (Å²) >= 11 is 1.25. The number of fused-ring (bicyclic) bond motifs is 1. The van der Waals surface area contributed by atoms with E-state index in [4.69, 9.17) is 0 Å². The van der Waals surface area contributed by atoms with Gasteiger partial charge in [0.1, 0.15) is 15.9 Å². The quantitative estimate of drug-likeness (QED) is 0.504. The van der Waals surface area contributed by atoms with E-state index in [1.165, 1.54) is 22.5 Å². The number of H-pyrrole nitrogens is 1. The van der Waals surface area contributed by atoms with E-state index in [-0.39, 0.29) is 17.5 Å². The first-order valence-corrected chi connectivity index (χ1v) is 11.5. The number of hydrogen-bond acceptors (Lipinski definition) is 6. The first kappa shape index (κ1) is 20.5. The number of piperazine rings is 1. The molecule has 1 aromatic carbocycles. The van der Waals surface area contributed by atoms with Gasteiger partial charge < -0.3 is 15.2 Å². The van der Waals surface area contributed by atoms with Crippen molar-refractivity contribution in [1.29, 1.82) is 0 Å². The molecule has 0 spiro atoms. The molecule has 1 amide bonds. The molecule has 1 fully saturated rings. The van der Waals surface area contributed by atoms with Gasteiger partial charge in [-0.2, -0.15) is 0 Å². The molecule has 1 atom stereocenters. The number of thiophene rings is 1. The Kier molecular flexibility index (Phi) is 5.55. The van der Waals surface area contributed by atoms with E-state index in [9.17, 15) is 9.59 Å². The molecule has 162 valence electrons. The summed E-state index contributed by atoms with van der Waals surface area (Å²) in [7, 11) is 0. The van der Waals surface area contributed by atoms with Crippen molar-refractivity contribution in [2.24, 2.45) is 0 Å². The molecule has 1 unspecified atom stereocenters. The monoisotopic (exact) mass is 445 g/mol. The Morgan fingerprint density at radius 1 is 1.25 bits per heavy atom. The summed E-state index contributed by atoms with van der Waals surface area (Å²) in [4.78, 5) is 39.6. The van der Waals surface area contributed by atoms with Crippen LogP contribution in [0.25, 0.3) is 21.7 Å². The lowest BCUT2D eigenvalue weighted by molar-refractivity contribution is 0.0705. The second kappa shape index (κ2) is 8.64. The number of aryl methyl sites for hydroxylation is 1. The number of carbonyl (C=O) groups excluding carboxylic acids is 1. The van der Waals surface area contributed by atoms with Crippen LogP contribution in [-0.2, 0) is 6.42 Å². The number of aromatic amines is 1. The van der Waals surface area contributed by atoms with E-state index < -0.39 is 0 Å². The SMILES string of the molecule is Cc1cccc(CC2CN(C(=O)c3csc4c(=O)[nH]c(-c5ccccn5)nc34)CCN2)c1. The lowest BCUT2D eigenvalue weighted by Crippen LogP contribution is -2.53. The molecule has 1 saturated heterocycles. The van der Waals surface area contributed by atoms with Crippen molar-refractivity contribution in [1.82, 2.24) is 25.2 Å². The Balaban J connectivity index is 1.41. The summed E-state index contributed by atoms with van der Waals surface area (Å²) in [5, 5.41) is 5.27. The van der Waals surface area contributed by atoms with Crippen molar-refractivity contribution < 1.29 is 4.79 Å². The number of amides is 1. The molecule has 1 aliphatic heterocycles. The van der Waals surface area contributed by atoms with Crippen LogP contribution >= 0.6 is 11.3 Å². The first-order chi connectivity index (χ1) is 15.6. The van der Waals surface area contributed by atoms with E-state index in [0.717, 1.165) is 13.0 Å².